The van der Waals surface area contributed by atoms with E-state index in [9.17, 15) is 14.6 Å². The topological polar surface area (TPSA) is 43.7 Å². The van der Waals surface area contributed by atoms with Crippen LogP contribution >= 0.6 is 0 Å². The van der Waals surface area contributed by atoms with Crippen molar-refractivity contribution >= 4 is 0 Å². The summed E-state index contributed by atoms with van der Waals surface area (Å²) in [6, 6.07) is 12.1. The third-order valence-electron chi connectivity index (χ3n) is 4.74. The van der Waals surface area contributed by atoms with Crippen LogP contribution in [0.1, 0.15) is 35.6 Å². The molecule has 0 fully saturated rings. The minimum atomic E-state index is -0.519. The summed E-state index contributed by atoms with van der Waals surface area (Å²) >= 11 is 0. The molecule has 1 aliphatic rings. The number of aliphatic hydroxyl groups is 1. The van der Waals surface area contributed by atoms with Gasteiger partial charge in [-0.1, -0.05) is 24.3 Å². The molecule has 1 unspecified atom stereocenters. The molecule has 0 aromatic heterocycles. The smallest absolute Gasteiger partial charge is 0.126 e. The lowest BCUT2D eigenvalue weighted by atomic mass is 10.0. The molecule has 0 bridgehead atoms. The summed E-state index contributed by atoms with van der Waals surface area (Å²) in [6.45, 7) is 2.37. The number of phenols is 1. The van der Waals surface area contributed by atoms with Crippen LogP contribution in [0, 0.1) is 5.82 Å². The first kappa shape index (κ1) is 16.9. The lowest BCUT2D eigenvalue weighted by Gasteiger charge is -2.22. The molecule has 0 saturated carbocycles. The van der Waals surface area contributed by atoms with Crippen molar-refractivity contribution in [1.82, 2.24) is 4.90 Å². The van der Waals surface area contributed by atoms with Crippen LogP contribution in [0.4, 0.5) is 4.39 Å². The number of rotatable bonds is 5. The fourth-order valence-electron chi connectivity index (χ4n) is 3.40. The Morgan fingerprint density at radius 2 is 1.96 bits per heavy atom. The van der Waals surface area contributed by atoms with Crippen LogP contribution in [0.2, 0.25) is 0 Å². The van der Waals surface area contributed by atoms with E-state index in [0.29, 0.717) is 6.54 Å². The Balaban J connectivity index is 1.50. The van der Waals surface area contributed by atoms with Crippen LogP contribution in [0.15, 0.2) is 42.5 Å². The second-order valence-electron chi connectivity index (χ2n) is 6.50. The number of β-amino-alcohol motifs (C(OH)–C–C–N with tert-alkyl or cyclic N) is 1. The molecule has 3 rings (SSSR count). The molecule has 4 heteroatoms. The van der Waals surface area contributed by atoms with Crippen molar-refractivity contribution in [2.45, 2.75) is 31.8 Å². The van der Waals surface area contributed by atoms with Gasteiger partial charge in [0.1, 0.15) is 11.6 Å². The van der Waals surface area contributed by atoms with Crippen molar-refractivity contribution in [3.8, 4) is 5.75 Å². The van der Waals surface area contributed by atoms with E-state index in [-0.39, 0.29) is 11.6 Å². The number of unbranched alkanes of at least 4 members (excludes halogenated alkanes) is 1. The molecule has 2 aromatic carbocycles. The van der Waals surface area contributed by atoms with Crippen molar-refractivity contribution < 1.29 is 14.6 Å². The molecule has 0 saturated heterocycles. The van der Waals surface area contributed by atoms with Gasteiger partial charge in [0.05, 0.1) is 6.10 Å². The normalized spacial score (nSPS) is 18.2. The van der Waals surface area contributed by atoms with Gasteiger partial charge in [0.15, 0.2) is 0 Å². The predicted octanol–water partition coefficient (Wildman–Crippen LogP) is 3.45. The van der Waals surface area contributed by atoms with E-state index in [1.165, 1.54) is 6.07 Å². The van der Waals surface area contributed by atoms with Crippen molar-refractivity contribution in [2.24, 2.45) is 0 Å². The summed E-state index contributed by atoms with van der Waals surface area (Å²) in [6.07, 6.45) is 2.96. The van der Waals surface area contributed by atoms with Crippen molar-refractivity contribution in [3.05, 3.63) is 65.0 Å². The highest BCUT2D eigenvalue weighted by Gasteiger charge is 2.21. The van der Waals surface area contributed by atoms with E-state index in [0.717, 1.165) is 55.5 Å². The molecule has 0 aliphatic carbocycles. The fourth-order valence-corrected chi connectivity index (χ4v) is 3.40. The zero-order chi connectivity index (χ0) is 16.9. The van der Waals surface area contributed by atoms with Gasteiger partial charge in [0, 0.05) is 13.1 Å². The van der Waals surface area contributed by atoms with Gasteiger partial charge in [0.2, 0.25) is 0 Å². The number of hydrogen-bond donors (Lipinski definition) is 2. The standard InChI is InChI=1S/C20H24FNO2/c21-19-7-2-1-5-15(19)6-3-4-11-22-12-10-16-13-17(23)8-9-18(16)20(24)14-22/h1-2,5,7-9,13,20,23-24H,3-4,6,10-12,14H2. The number of aromatic hydroxyl groups is 1. The van der Waals surface area contributed by atoms with Gasteiger partial charge in [-0.05, 0) is 67.1 Å². The van der Waals surface area contributed by atoms with Crippen LogP contribution in [0.5, 0.6) is 5.75 Å². The summed E-state index contributed by atoms with van der Waals surface area (Å²) in [4.78, 5) is 2.25. The molecule has 1 heterocycles. The minimum Gasteiger partial charge on any atom is -0.508 e. The number of nitrogens with zero attached hydrogens (tertiary/aromatic N) is 1. The molecule has 1 atom stereocenters. The van der Waals surface area contributed by atoms with Crippen LogP contribution in [0.25, 0.3) is 0 Å². The molecule has 2 aromatic rings. The van der Waals surface area contributed by atoms with E-state index >= 15 is 0 Å². The van der Waals surface area contributed by atoms with Gasteiger partial charge < -0.3 is 15.1 Å². The average molecular weight is 329 g/mol. The largest absolute Gasteiger partial charge is 0.508 e. The second-order valence-corrected chi connectivity index (χ2v) is 6.50. The highest BCUT2D eigenvalue weighted by molar-refractivity contribution is 5.37. The highest BCUT2D eigenvalue weighted by atomic mass is 19.1. The molecule has 1 aliphatic heterocycles. The molecule has 0 amide bonds. The van der Waals surface area contributed by atoms with Gasteiger partial charge in [-0.2, -0.15) is 0 Å². The Morgan fingerprint density at radius 1 is 1.12 bits per heavy atom. The molecular formula is C20H24FNO2. The van der Waals surface area contributed by atoms with Crippen molar-refractivity contribution in [2.75, 3.05) is 19.6 Å². The van der Waals surface area contributed by atoms with Crippen LogP contribution < -0.4 is 0 Å². The Bertz CT molecular complexity index is 689. The van der Waals surface area contributed by atoms with Gasteiger partial charge >= 0.3 is 0 Å². The first-order chi connectivity index (χ1) is 11.6. The monoisotopic (exact) mass is 329 g/mol. The van der Waals surface area contributed by atoms with Crippen LogP contribution in [-0.4, -0.2) is 34.7 Å². The van der Waals surface area contributed by atoms with E-state index in [1.54, 1.807) is 18.2 Å². The Labute approximate surface area is 142 Å². The van der Waals surface area contributed by atoms with Gasteiger partial charge in [-0.15, -0.1) is 0 Å². The maximum atomic E-state index is 13.6. The maximum Gasteiger partial charge on any atom is 0.126 e. The van der Waals surface area contributed by atoms with E-state index < -0.39 is 6.10 Å². The number of aryl methyl sites for hydroxylation is 1. The van der Waals surface area contributed by atoms with Gasteiger partial charge in [-0.3, -0.25) is 0 Å². The summed E-state index contributed by atoms with van der Waals surface area (Å²) in [5.41, 5.74) is 2.72. The van der Waals surface area contributed by atoms with Crippen molar-refractivity contribution in [1.29, 1.82) is 0 Å². The number of halogens is 1. The minimum absolute atomic E-state index is 0.127. The number of benzene rings is 2. The number of phenolic OH excluding ortho intramolecular Hbond substituents is 1. The zero-order valence-corrected chi connectivity index (χ0v) is 13.8. The fraction of sp³-hybridized carbons (Fsp3) is 0.400. The maximum absolute atomic E-state index is 13.6. The molecular weight excluding hydrogens is 305 g/mol. The molecule has 24 heavy (non-hydrogen) atoms. The third kappa shape index (κ3) is 4.13. The molecule has 3 nitrogen and oxygen atoms in total. The molecule has 0 spiro atoms. The number of aliphatic hydroxyl groups excluding tert-OH is 1. The van der Waals surface area contributed by atoms with E-state index in [4.69, 9.17) is 0 Å². The SMILES string of the molecule is Oc1ccc2c(c1)CCN(CCCCc1ccccc1F)CC2O. The summed E-state index contributed by atoms with van der Waals surface area (Å²) in [7, 11) is 0. The Hall–Kier alpha value is -1.91. The summed E-state index contributed by atoms with van der Waals surface area (Å²) < 4.78 is 13.6. The summed E-state index contributed by atoms with van der Waals surface area (Å²) in [5, 5.41) is 20.0. The predicted molar refractivity (Wildman–Crippen MR) is 92.5 cm³/mol. The Kier molecular flexibility index (Phi) is 5.48. The summed E-state index contributed by atoms with van der Waals surface area (Å²) in [5.74, 6) is 0.122. The second kappa shape index (κ2) is 7.77. The van der Waals surface area contributed by atoms with Gasteiger partial charge in [0.25, 0.3) is 0 Å². The zero-order valence-electron chi connectivity index (χ0n) is 13.8. The number of fused-ring (bicyclic) bond motifs is 1. The average Bonchev–Trinajstić information content (AvgIpc) is 2.72. The third-order valence-corrected chi connectivity index (χ3v) is 4.74. The first-order valence-corrected chi connectivity index (χ1v) is 8.59. The molecule has 0 radical (unpaired) electrons. The quantitative estimate of drug-likeness (QED) is 0.826. The van der Waals surface area contributed by atoms with Crippen LogP contribution in [0.3, 0.4) is 0 Å². The van der Waals surface area contributed by atoms with Gasteiger partial charge in [-0.25, -0.2) is 4.39 Å². The van der Waals surface area contributed by atoms with Crippen molar-refractivity contribution in [3.63, 3.8) is 0 Å². The van der Waals surface area contributed by atoms with Crippen LogP contribution in [-0.2, 0) is 12.8 Å². The molecule has 128 valence electrons. The highest BCUT2D eigenvalue weighted by Crippen LogP contribution is 2.27. The lowest BCUT2D eigenvalue weighted by Crippen LogP contribution is -2.29. The Morgan fingerprint density at radius 3 is 2.79 bits per heavy atom. The van der Waals surface area contributed by atoms with E-state index in [2.05, 4.69) is 4.90 Å². The lowest BCUT2D eigenvalue weighted by molar-refractivity contribution is 0.119. The number of hydrogen-bond acceptors (Lipinski definition) is 3. The first-order valence-electron chi connectivity index (χ1n) is 8.59. The van der Waals surface area contributed by atoms with E-state index in [1.807, 2.05) is 18.2 Å². The molecule has 2 N–H and O–H groups in total.